The van der Waals surface area contributed by atoms with Crippen molar-refractivity contribution in [2.75, 3.05) is 0 Å². The van der Waals surface area contributed by atoms with Crippen molar-refractivity contribution in [3.63, 3.8) is 0 Å². The zero-order valence-corrected chi connectivity index (χ0v) is 10.7. The molecule has 0 aliphatic rings. The van der Waals surface area contributed by atoms with E-state index in [-0.39, 0.29) is 0 Å². The summed E-state index contributed by atoms with van der Waals surface area (Å²) in [5.74, 6) is -0.866. The van der Waals surface area contributed by atoms with Gasteiger partial charge in [0.25, 0.3) is 0 Å². The molecule has 0 radical (unpaired) electrons. The molecule has 1 aromatic carbocycles. The summed E-state index contributed by atoms with van der Waals surface area (Å²) in [6.07, 6.45) is 1.73. The molecule has 0 aliphatic heterocycles. The first kappa shape index (κ1) is 12.9. The molecule has 6 heteroatoms. The van der Waals surface area contributed by atoms with Crippen molar-refractivity contribution in [3.8, 4) is 0 Å². The van der Waals surface area contributed by atoms with Gasteiger partial charge in [0, 0.05) is 6.42 Å². The standard InChI is InChI=1S/C12H13F2N3S/c1-2-3-11-15-16-12(18)17(11)7-8-4-5-9(13)10(14)6-8/h4-6H,2-3,7H2,1H3,(H,16,18). The van der Waals surface area contributed by atoms with E-state index in [1.807, 2.05) is 6.92 Å². The molecule has 0 saturated heterocycles. The van der Waals surface area contributed by atoms with Gasteiger partial charge in [0.15, 0.2) is 16.4 Å². The lowest BCUT2D eigenvalue weighted by molar-refractivity contribution is 0.506. The third-order valence-corrected chi connectivity index (χ3v) is 2.95. The second-order valence-electron chi connectivity index (χ2n) is 4.03. The van der Waals surface area contributed by atoms with Crippen LogP contribution in [0.5, 0.6) is 0 Å². The summed E-state index contributed by atoms with van der Waals surface area (Å²) in [5, 5.41) is 6.84. The molecule has 2 rings (SSSR count). The SMILES string of the molecule is CCCc1n[nH]c(=S)n1Cc1ccc(F)c(F)c1. The number of aromatic amines is 1. The number of benzene rings is 1. The molecule has 0 fully saturated rings. The van der Waals surface area contributed by atoms with E-state index in [0.29, 0.717) is 16.9 Å². The molecule has 96 valence electrons. The van der Waals surface area contributed by atoms with Crippen LogP contribution in [0.3, 0.4) is 0 Å². The van der Waals surface area contributed by atoms with Crippen molar-refractivity contribution in [1.82, 2.24) is 14.8 Å². The van der Waals surface area contributed by atoms with Crippen LogP contribution in [0.2, 0.25) is 0 Å². The summed E-state index contributed by atoms with van der Waals surface area (Å²) in [7, 11) is 0. The summed E-state index contributed by atoms with van der Waals surface area (Å²) in [6.45, 7) is 2.43. The van der Waals surface area contributed by atoms with E-state index in [0.717, 1.165) is 24.7 Å². The zero-order valence-electron chi connectivity index (χ0n) is 9.91. The van der Waals surface area contributed by atoms with Gasteiger partial charge >= 0.3 is 0 Å². The number of hydrogen-bond acceptors (Lipinski definition) is 2. The molecule has 0 aliphatic carbocycles. The summed E-state index contributed by atoms with van der Waals surface area (Å²) in [5.41, 5.74) is 0.656. The largest absolute Gasteiger partial charge is 0.300 e. The van der Waals surface area contributed by atoms with Crippen LogP contribution in [-0.4, -0.2) is 14.8 Å². The van der Waals surface area contributed by atoms with Gasteiger partial charge < -0.3 is 0 Å². The second-order valence-corrected chi connectivity index (χ2v) is 4.42. The van der Waals surface area contributed by atoms with Gasteiger partial charge in [-0.2, -0.15) is 5.10 Å². The Morgan fingerprint density at radius 1 is 1.33 bits per heavy atom. The average molecular weight is 269 g/mol. The lowest BCUT2D eigenvalue weighted by Crippen LogP contribution is -2.06. The number of H-pyrrole nitrogens is 1. The Labute approximate surface area is 108 Å². The van der Waals surface area contributed by atoms with Crippen LogP contribution < -0.4 is 0 Å². The molecule has 0 amide bonds. The fourth-order valence-electron chi connectivity index (χ4n) is 1.75. The average Bonchev–Trinajstić information content (AvgIpc) is 2.67. The van der Waals surface area contributed by atoms with E-state index in [1.54, 1.807) is 10.6 Å². The number of hydrogen-bond donors (Lipinski definition) is 1. The first-order valence-corrected chi connectivity index (χ1v) is 6.10. The van der Waals surface area contributed by atoms with Gasteiger partial charge in [0.05, 0.1) is 6.54 Å². The minimum absolute atomic E-state index is 0.391. The van der Waals surface area contributed by atoms with E-state index >= 15 is 0 Å². The number of aryl methyl sites for hydroxylation is 1. The number of aromatic nitrogens is 3. The Hall–Kier alpha value is -1.56. The highest BCUT2D eigenvalue weighted by atomic mass is 32.1. The van der Waals surface area contributed by atoms with E-state index in [1.165, 1.54) is 6.07 Å². The third kappa shape index (κ3) is 2.64. The molecular weight excluding hydrogens is 256 g/mol. The quantitative estimate of drug-likeness (QED) is 0.865. The van der Waals surface area contributed by atoms with Crippen LogP contribution in [0.25, 0.3) is 0 Å². The highest BCUT2D eigenvalue weighted by Crippen LogP contribution is 2.12. The lowest BCUT2D eigenvalue weighted by atomic mass is 10.2. The van der Waals surface area contributed by atoms with E-state index in [9.17, 15) is 8.78 Å². The molecule has 1 aromatic heterocycles. The van der Waals surface area contributed by atoms with E-state index in [4.69, 9.17) is 12.2 Å². The summed E-state index contributed by atoms with van der Waals surface area (Å²) in [4.78, 5) is 0. The molecular formula is C12H13F2N3S. The Kier molecular flexibility index (Phi) is 3.86. The number of nitrogens with zero attached hydrogens (tertiary/aromatic N) is 2. The monoisotopic (exact) mass is 269 g/mol. The smallest absolute Gasteiger partial charge is 0.195 e. The van der Waals surface area contributed by atoms with Gasteiger partial charge in [0.2, 0.25) is 0 Å². The Bertz CT molecular complexity index is 604. The van der Waals surface area contributed by atoms with Crippen LogP contribution in [0.1, 0.15) is 24.7 Å². The highest BCUT2D eigenvalue weighted by molar-refractivity contribution is 7.71. The van der Waals surface area contributed by atoms with E-state index < -0.39 is 11.6 Å². The predicted molar refractivity (Wildman–Crippen MR) is 66.9 cm³/mol. The van der Waals surface area contributed by atoms with Gasteiger partial charge in [-0.1, -0.05) is 13.0 Å². The fraction of sp³-hybridized carbons (Fsp3) is 0.333. The highest BCUT2D eigenvalue weighted by Gasteiger charge is 2.08. The van der Waals surface area contributed by atoms with Gasteiger partial charge in [-0.3, -0.25) is 9.67 Å². The van der Waals surface area contributed by atoms with Crippen molar-refractivity contribution >= 4 is 12.2 Å². The third-order valence-electron chi connectivity index (χ3n) is 2.64. The molecule has 1 N–H and O–H groups in total. The first-order valence-electron chi connectivity index (χ1n) is 5.69. The predicted octanol–water partition coefficient (Wildman–Crippen LogP) is 3.22. The molecule has 0 atom stereocenters. The maximum atomic E-state index is 13.1. The normalized spacial score (nSPS) is 10.8. The van der Waals surface area contributed by atoms with Crippen molar-refractivity contribution in [2.45, 2.75) is 26.3 Å². The zero-order chi connectivity index (χ0) is 13.1. The first-order chi connectivity index (χ1) is 8.61. The molecule has 1 heterocycles. The Morgan fingerprint density at radius 2 is 2.11 bits per heavy atom. The van der Waals surface area contributed by atoms with Crippen molar-refractivity contribution in [3.05, 3.63) is 46.0 Å². The maximum absolute atomic E-state index is 13.1. The van der Waals surface area contributed by atoms with Crippen molar-refractivity contribution in [1.29, 1.82) is 0 Å². The van der Waals surface area contributed by atoms with Crippen LogP contribution in [0.4, 0.5) is 8.78 Å². The van der Waals surface area contributed by atoms with Crippen LogP contribution >= 0.6 is 12.2 Å². The number of rotatable bonds is 4. The lowest BCUT2D eigenvalue weighted by Gasteiger charge is -2.06. The molecule has 0 unspecified atom stereocenters. The van der Waals surface area contributed by atoms with Gasteiger partial charge in [0.1, 0.15) is 5.82 Å². The van der Waals surface area contributed by atoms with Crippen LogP contribution in [0.15, 0.2) is 18.2 Å². The molecule has 0 saturated carbocycles. The molecule has 0 bridgehead atoms. The maximum Gasteiger partial charge on any atom is 0.195 e. The number of halogens is 2. The minimum atomic E-state index is -0.848. The van der Waals surface area contributed by atoms with Gasteiger partial charge in [-0.05, 0) is 36.3 Å². The molecule has 0 spiro atoms. The number of nitrogens with one attached hydrogen (secondary N) is 1. The Balaban J connectivity index is 2.30. The summed E-state index contributed by atoms with van der Waals surface area (Å²) in [6, 6.07) is 3.84. The topological polar surface area (TPSA) is 33.6 Å². The minimum Gasteiger partial charge on any atom is -0.300 e. The van der Waals surface area contributed by atoms with Crippen LogP contribution in [-0.2, 0) is 13.0 Å². The van der Waals surface area contributed by atoms with Gasteiger partial charge in [-0.15, -0.1) is 0 Å². The second kappa shape index (κ2) is 5.39. The van der Waals surface area contributed by atoms with Crippen LogP contribution in [0, 0.1) is 16.4 Å². The van der Waals surface area contributed by atoms with E-state index in [2.05, 4.69) is 10.2 Å². The van der Waals surface area contributed by atoms with Crippen molar-refractivity contribution < 1.29 is 8.78 Å². The molecule has 18 heavy (non-hydrogen) atoms. The fourth-order valence-corrected chi connectivity index (χ4v) is 1.96. The van der Waals surface area contributed by atoms with Crippen molar-refractivity contribution in [2.24, 2.45) is 0 Å². The Morgan fingerprint density at radius 3 is 2.78 bits per heavy atom. The summed E-state index contributed by atoms with van der Waals surface area (Å²) >= 11 is 5.12. The molecule has 3 nitrogen and oxygen atoms in total. The summed E-state index contributed by atoms with van der Waals surface area (Å²) < 4.78 is 28.2. The van der Waals surface area contributed by atoms with Gasteiger partial charge in [-0.25, -0.2) is 8.78 Å². The molecule has 2 aromatic rings.